The molecule has 0 amide bonds. The number of nitrogens with one attached hydrogen (secondary N) is 1. The molecule has 112 valence electrons. The van der Waals surface area contributed by atoms with Crippen LogP contribution in [0.4, 0.5) is 4.39 Å². The molecule has 1 N–H and O–H groups in total. The third kappa shape index (κ3) is 4.72. The summed E-state index contributed by atoms with van der Waals surface area (Å²) in [5, 5.41) is 4.16. The minimum absolute atomic E-state index is 0.206. The van der Waals surface area contributed by atoms with Crippen molar-refractivity contribution in [1.82, 2.24) is 10.2 Å². The number of benzene rings is 1. The fourth-order valence-electron chi connectivity index (χ4n) is 2.74. The molecule has 0 radical (unpaired) electrons. The van der Waals surface area contributed by atoms with Gasteiger partial charge in [0.1, 0.15) is 5.82 Å². The van der Waals surface area contributed by atoms with Crippen LogP contribution < -0.4 is 5.32 Å². The Bertz CT molecular complexity index is 417. The largest absolute Gasteiger partial charge is 0.316 e. The van der Waals surface area contributed by atoms with E-state index in [-0.39, 0.29) is 5.82 Å². The smallest absolute Gasteiger partial charge is 0.123 e. The molecule has 1 fully saturated rings. The van der Waals surface area contributed by atoms with Crippen molar-refractivity contribution >= 4 is 11.6 Å². The normalized spacial score (nSPS) is 17.6. The standard InChI is InChI=1S/C16H24ClFN2/c1-2-7-19-11-13-5-8-20(9-6-13)12-14-10-15(18)3-4-16(14)17/h3-4,10,13,19H,2,5-9,11-12H2,1H3. The van der Waals surface area contributed by atoms with Crippen LogP contribution >= 0.6 is 11.6 Å². The van der Waals surface area contributed by atoms with Crippen molar-refractivity contribution in [2.24, 2.45) is 5.92 Å². The topological polar surface area (TPSA) is 15.3 Å². The number of halogens is 2. The van der Waals surface area contributed by atoms with Gasteiger partial charge in [0.05, 0.1) is 0 Å². The first-order chi connectivity index (χ1) is 9.69. The van der Waals surface area contributed by atoms with Crippen LogP contribution in [0, 0.1) is 11.7 Å². The molecule has 0 atom stereocenters. The molecule has 0 saturated carbocycles. The van der Waals surface area contributed by atoms with E-state index in [1.807, 2.05) is 0 Å². The Morgan fingerprint density at radius 3 is 2.80 bits per heavy atom. The van der Waals surface area contributed by atoms with Crippen LogP contribution in [0.15, 0.2) is 18.2 Å². The van der Waals surface area contributed by atoms with Gasteiger partial charge in [-0.2, -0.15) is 0 Å². The number of rotatable bonds is 6. The van der Waals surface area contributed by atoms with Gasteiger partial charge in [0, 0.05) is 11.6 Å². The highest BCUT2D eigenvalue weighted by molar-refractivity contribution is 6.31. The number of hydrogen-bond donors (Lipinski definition) is 1. The Kier molecular flexibility index (Phi) is 6.27. The maximum Gasteiger partial charge on any atom is 0.123 e. The Morgan fingerprint density at radius 1 is 1.35 bits per heavy atom. The zero-order valence-corrected chi connectivity index (χ0v) is 12.9. The van der Waals surface area contributed by atoms with Crippen LogP contribution in [-0.4, -0.2) is 31.1 Å². The third-order valence-electron chi connectivity index (χ3n) is 3.97. The average molecular weight is 299 g/mol. The Morgan fingerprint density at radius 2 is 2.10 bits per heavy atom. The molecule has 1 aromatic rings. The van der Waals surface area contributed by atoms with Gasteiger partial charge in [-0.15, -0.1) is 0 Å². The van der Waals surface area contributed by atoms with Crippen molar-refractivity contribution in [3.8, 4) is 0 Å². The zero-order chi connectivity index (χ0) is 14.4. The monoisotopic (exact) mass is 298 g/mol. The van der Waals surface area contributed by atoms with Crippen molar-refractivity contribution in [2.75, 3.05) is 26.2 Å². The lowest BCUT2D eigenvalue weighted by Gasteiger charge is -2.32. The van der Waals surface area contributed by atoms with Gasteiger partial charge in [0.2, 0.25) is 0 Å². The fourth-order valence-corrected chi connectivity index (χ4v) is 2.91. The molecule has 0 aromatic heterocycles. The van der Waals surface area contributed by atoms with E-state index in [2.05, 4.69) is 17.1 Å². The summed E-state index contributed by atoms with van der Waals surface area (Å²) in [6.45, 7) is 7.34. The molecule has 1 heterocycles. The molecule has 1 aliphatic rings. The van der Waals surface area contributed by atoms with E-state index in [9.17, 15) is 4.39 Å². The highest BCUT2D eigenvalue weighted by Gasteiger charge is 2.19. The molecule has 1 aliphatic heterocycles. The third-order valence-corrected chi connectivity index (χ3v) is 4.34. The molecule has 0 spiro atoms. The van der Waals surface area contributed by atoms with Crippen LogP contribution in [0.2, 0.25) is 5.02 Å². The summed E-state index contributed by atoms with van der Waals surface area (Å²) in [6, 6.07) is 4.61. The van der Waals surface area contributed by atoms with Gasteiger partial charge in [-0.3, -0.25) is 4.90 Å². The maximum atomic E-state index is 13.3. The number of likely N-dealkylation sites (tertiary alicyclic amines) is 1. The SMILES string of the molecule is CCCNCC1CCN(Cc2cc(F)ccc2Cl)CC1. The van der Waals surface area contributed by atoms with Gasteiger partial charge in [-0.25, -0.2) is 4.39 Å². The first-order valence-corrected chi connectivity index (χ1v) is 7.94. The molecular weight excluding hydrogens is 275 g/mol. The van der Waals surface area contributed by atoms with Gasteiger partial charge >= 0.3 is 0 Å². The highest BCUT2D eigenvalue weighted by Crippen LogP contribution is 2.22. The zero-order valence-electron chi connectivity index (χ0n) is 12.2. The van der Waals surface area contributed by atoms with Gasteiger partial charge in [0.25, 0.3) is 0 Å². The first-order valence-electron chi connectivity index (χ1n) is 7.56. The van der Waals surface area contributed by atoms with Crippen LogP contribution in [-0.2, 0) is 6.54 Å². The molecule has 0 unspecified atom stereocenters. The molecular formula is C16H24ClFN2. The Balaban J connectivity index is 1.78. The number of hydrogen-bond acceptors (Lipinski definition) is 2. The summed E-state index contributed by atoms with van der Waals surface area (Å²) in [4.78, 5) is 2.37. The van der Waals surface area contributed by atoms with E-state index >= 15 is 0 Å². The second kappa shape index (κ2) is 7.96. The molecule has 0 bridgehead atoms. The van der Waals surface area contributed by atoms with Gasteiger partial charge in [-0.1, -0.05) is 18.5 Å². The van der Waals surface area contributed by atoms with Crippen LogP contribution in [0.1, 0.15) is 31.7 Å². The van der Waals surface area contributed by atoms with E-state index in [0.717, 1.165) is 44.2 Å². The molecule has 1 saturated heterocycles. The molecule has 20 heavy (non-hydrogen) atoms. The minimum atomic E-state index is -0.206. The lowest BCUT2D eigenvalue weighted by Crippen LogP contribution is -2.37. The first kappa shape index (κ1) is 15.7. The number of piperidine rings is 1. The lowest BCUT2D eigenvalue weighted by atomic mass is 9.96. The number of nitrogens with zero attached hydrogens (tertiary/aromatic N) is 1. The minimum Gasteiger partial charge on any atom is -0.316 e. The predicted molar refractivity (Wildman–Crippen MR) is 82.6 cm³/mol. The second-order valence-corrected chi connectivity index (χ2v) is 6.07. The molecule has 0 aliphatic carbocycles. The summed E-state index contributed by atoms with van der Waals surface area (Å²) in [5.74, 6) is 0.573. The van der Waals surface area contributed by atoms with Crippen molar-refractivity contribution < 1.29 is 4.39 Å². The van der Waals surface area contributed by atoms with Gasteiger partial charge in [-0.05, 0) is 75.1 Å². The summed E-state index contributed by atoms with van der Waals surface area (Å²) < 4.78 is 13.3. The average Bonchev–Trinajstić information content (AvgIpc) is 2.45. The highest BCUT2D eigenvalue weighted by atomic mass is 35.5. The van der Waals surface area contributed by atoms with Crippen LogP contribution in [0.5, 0.6) is 0 Å². The van der Waals surface area contributed by atoms with Crippen molar-refractivity contribution in [3.63, 3.8) is 0 Å². The summed E-state index contributed by atoms with van der Waals surface area (Å²) >= 11 is 6.13. The Labute approximate surface area is 126 Å². The molecule has 1 aromatic carbocycles. The lowest BCUT2D eigenvalue weighted by molar-refractivity contribution is 0.175. The van der Waals surface area contributed by atoms with E-state index in [4.69, 9.17) is 11.6 Å². The summed E-state index contributed by atoms with van der Waals surface area (Å²) in [7, 11) is 0. The quantitative estimate of drug-likeness (QED) is 0.806. The molecule has 4 heteroatoms. The summed E-state index contributed by atoms with van der Waals surface area (Å²) in [6.07, 6.45) is 3.62. The van der Waals surface area contributed by atoms with Crippen LogP contribution in [0.25, 0.3) is 0 Å². The summed E-state index contributed by atoms with van der Waals surface area (Å²) in [5.41, 5.74) is 0.897. The fraction of sp³-hybridized carbons (Fsp3) is 0.625. The molecule has 2 rings (SSSR count). The van der Waals surface area contributed by atoms with E-state index in [0.29, 0.717) is 5.02 Å². The predicted octanol–water partition coefficient (Wildman–Crippen LogP) is 3.69. The van der Waals surface area contributed by atoms with Crippen molar-refractivity contribution in [1.29, 1.82) is 0 Å². The maximum absolute atomic E-state index is 13.3. The van der Waals surface area contributed by atoms with E-state index in [1.165, 1.54) is 25.3 Å². The van der Waals surface area contributed by atoms with E-state index < -0.39 is 0 Å². The van der Waals surface area contributed by atoms with E-state index in [1.54, 1.807) is 12.1 Å². The Hall–Kier alpha value is -0.640. The molecule has 2 nitrogen and oxygen atoms in total. The second-order valence-electron chi connectivity index (χ2n) is 5.66. The van der Waals surface area contributed by atoms with Gasteiger partial charge < -0.3 is 5.32 Å². The van der Waals surface area contributed by atoms with Crippen LogP contribution in [0.3, 0.4) is 0 Å². The van der Waals surface area contributed by atoms with Crippen molar-refractivity contribution in [2.45, 2.75) is 32.7 Å². The van der Waals surface area contributed by atoms with Gasteiger partial charge in [0.15, 0.2) is 0 Å². The van der Waals surface area contributed by atoms with Crippen molar-refractivity contribution in [3.05, 3.63) is 34.6 Å².